The summed E-state index contributed by atoms with van der Waals surface area (Å²) in [6.07, 6.45) is 0. The van der Waals surface area contributed by atoms with E-state index in [0.29, 0.717) is 17.9 Å². The molecular weight excluding hydrogens is 417 g/mol. The van der Waals surface area contributed by atoms with E-state index in [2.05, 4.69) is 4.72 Å². The number of sulfonamides is 1. The third-order valence-corrected chi connectivity index (χ3v) is 5.29. The van der Waals surface area contributed by atoms with Gasteiger partial charge in [0.25, 0.3) is 10.0 Å². The predicted octanol–water partition coefficient (Wildman–Crippen LogP) is 3.82. The molecule has 3 rings (SSSR count). The Bertz CT molecular complexity index is 1230. The molecule has 0 saturated carbocycles. The Morgan fingerprint density at radius 2 is 1.47 bits per heavy atom. The molecule has 0 spiro atoms. The number of carboxylic acid groups (broad SMARTS) is 2. The zero-order valence-corrected chi connectivity index (χ0v) is 15.9. The van der Waals surface area contributed by atoms with Gasteiger partial charge in [-0.3, -0.25) is 4.72 Å². The largest absolute Gasteiger partial charge is 0.478 e. The first-order chi connectivity index (χ1) is 14.2. The molecule has 10 heteroatoms. The molecule has 3 N–H and O–H groups in total. The molecule has 0 unspecified atom stereocenters. The van der Waals surface area contributed by atoms with Crippen LogP contribution in [-0.4, -0.2) is 30.6 Å². The number of carboxylic acids is 2. The molecule has 3 aromatic carbocycles. The molecule has 30 heavy (non-hydrogen) atoms. The molecule has 0 atom stereocenters. The van der Waals surface area contributed by atoms with Crippen LogP contribution < -0.4 is 9.46 Å². The van der Waals surface area contributed by atoms with Crippen molar-refractivity contribution in [2.45, 2.75) is 4.90 Å². The number of carbonyl (C=O) groups is 2. The highest BCUT2D eigenvalue weighted by Gasteiger charge is 2.23. The fourth-order valence-electron chi connectivity index (χ4n) is 2.49. The molecule has 0 bridgehead atoms. The first-order valence-corrected chi connectivity index (χ1v) is 9.81. The van der Waals surface area contributed by atoms with Gasteiger partial charge in [-0.15, -0.1) is 0 Å². The van der Waals surface area contributed by atoms with E-state index in [9.17, 15) is 27.5 Å². The van der Waals surface area contributed by atoms with Crippen molar-refractivity contribution in [2.24, 2.45) is 0 Å². The second kappa shape index (κ2) is 8.21. The van der Waals surface area contributed by atoms with Crippen LogP contribution in [0.15, 0.2) is 71.6 Å². The van der Waals surface area contributed by atoms with Crippen LogP contribution in [0.1, 0.15) is 20.7 Å². The minimum atomic E-state index is -4.62. The smallest absolute Gasteiger partial charge is 0.335 e. The standard InChI is InChI=1S/C20H14FNO7S/c21-15-8-6-13(20(25)26)11-18(15)30(27,28)22-16-10-12(19(23)24)7-9-17(16)29-14-4-2-1-3-5-14/h1-11,22H,(H,23,24)(H,25,26). The summed E-state index contributed by atoms with van der Waals surface area (Å²) in [6.45, 7) is 0. The number of nitrogens with one attached hydrogen (secondary N) is 1. The monoisotopic (exact) mass is 431 g/mol. The number of ether oxygens (including phenoxy) is 1. The van der Waals surface area contributed by atoms with Crippen molar-refractivity contribution in [2.75, 3.05) is 4.72 Å². The van der Waals surface area contributed by atoms with Gasteiger partial charge < -0.3 is 14.9 Å². The lowest BCUT2D eigenvalue weighted by molar-refractivity contribution is 0.0686. The summed E-state index contributed by atoms with van der Waals surface area (Å²) in [5.74, 6) is -3.62. The van der Waals surface area contributed by atoms with Crippen molar-refractivity contribution in [3.05, 3.63) is 83.7 Å². The second-order valence-electron chi connectivity index (χ2n) is 5.99. The molecule has 0 saturated heterocycles. The van der Waals surface area contributed by atoms with Crippen molar-refractivity contribution in [1.82, 2.24) is 0 Å². The average molecular weight is 431 g/mol. The molecule has 0 radical (unpaired) electrons. The van der Waals surface area contributed by atoms with Crippen LogP contribution in [0, 0.1) is 5.82 Å². The summed E-state index contributed by atoms with van der Waals surface area (Å²) >= 11 is 0. The molecule has 0 aliphatic rings. The highest BCUT2D eigenvalue weighted by molar-refractivity contribution is 7.92. The van der Waals surface area contributed by atoms with Gasteiger partial charge in [0.15, 0.2) is 5.75 Å². The number of rotatable bonds is 7. The van der Waals surface area contributed by atoms with Crippen LogP contribution in [0.3, 0.4) is 0 Å². The maximum atomic E-state index is 14.1. The molecule has 0 fully saturated rings. The van der Waals surface area contributed by atoms with Gasteiger partial charge in [-0.25, -0.2) is 22.4 Å². The van der Waals surface area contributed by atoms with E-state index in [1.165, 1.54) is 12.1 Å². The van der Waals surface area contributed by atoms with Gasteiger partial charge in [0.2, 0.25) is 0 Å². The number of hydrogen-bond acceptors (Lipinski definition) is 5. The minimum Gasteiger partial charge on any atom is -0.478 e. The maximum Gasteiger partial charge on any atom is 0.335 e. The third-order valence-electron chi connectivity index (χ3n) is 3.91. The molecule has 0 aliphatic carbocycles. The fraction of sp³-hybridized carbons (Fsp3) is 0. The highest BCUT2D eigenvalue weighted by atomic mass is 32.2. The van der Waals surface area contributed by atoms with E-state index in [0.717, 1.165) is 12.1 Å². The van der Waals surface area contributed by atoms with Crippen LogP contribution in [0.2, 0.25) is 0 Å². The Balaban J connectivity index is 2.05. The molecular formula is C20H14FNO7S. The van der Waals surface area contributed by atoms with Crippen molar-refractivity contribution in [3.63, 3.8) is 0 Å². The van der Waals surface area contributed by atoms with Gasteiger partial charge in [0.05, 0.1) is 16.8 Å². The quantitative estimate of drug-likeness (QED) is 0.518. The predicted molar refractivity (Wildman–Crippen MR) is 104 cm³/mol. The van der Waals surface area contributed by atoms with E-state index < -0.39 is 38.2 Å². The SMILES string of the molecule is O=C(O)c1ccc(Oc2ccccc2)c(NS(=O)(=O)c2cc(C(=O)O)ccc2F)c1. The zero-order valence-electron chi connectivity index (χ0n) is 15.1. The van der Waals surface area contributed by atoms with E-state index in [4.69, 9.17) is 9.84 Å². The Kier molecular flexibility index (Phi) is 5.70. The van der Waals surface area contributed by atoms with E-state index in [1.807, 2.05) is 0 Å². The Hall–Kier alpha value is -3.92. The van der Waals surface area contributed by atoms with Crippen molar-refractivity contribution >= 4 is 27.6 Å². The molecule has 0 heterocycles. The van der Waals surface area contributed by atoms with Crippen LogP contribution in [-0.2, 0) is 10.0 Å². The fourth-order valence-corrected chi connectivity index (χ4v) is 3.66. The molecule has 8 nitrogen and oxygen atoms in total. The summed E-state index contributed by atoms with van der Waals surface area (Å²) in [5.41, 5.74) is -0.941. The molecule has 0 aromatic heterocycles. The summed E-state index contributed by atoms with van der Waals surface area (Å²) in [5, 5.41) is 18.2. The second-order valence-corrected chi connectivity index (χ2v) is 7.64. The lowest BCUT2D eigenvalue weighted by Gasteiger charge is -2.15. The van der Waals surface area contributed by atoms with Crippen LogP contribution in [0.4, 0.5) is 10.1 Å². The van der Waals surface area contributed by atoms with E-state index >= 15 is 0 Å². The van der Waals surface area contributed by atoms with Gasteiger partial charge in [0, 0.05) is 0 Å². The van der Waals surface area contributed by atoms with Crippen LogP contribution >= 0.6 is 0 Å². The van der Waals surface area contributed by atoms with Gasteiger partial charge in [-0.1, -0.05) is 18.2 Å². The molecule has 0 aliphatic heterocycles. The number of halogens is 1. The van der Waals surface area contributed by atoms with E-state index in [-0.39, 0.29) is 17.0 Å². The topological polar surface area (TPSA) is 130 Å². The Morgan fingerprint density at radius 3 is 2.10 bits per heavy atom. The van der Waals surface area contributed by atoms with Crippen LogP contribution in [0.25, 0.3) is 0 Å². The van der Waals surface area contributed by atoms with Crippen molar-refractivity contribution < 1.29 is 37.3 Å². The highest BCUT2D eigenvalue weighted by Crippen LogP contribution is 2.32. The minimum absolute atomic E-state index is 0.0374. The number of para-hydroxylation sites is 1. The van der Waals surface area contributed by atoms with Crippen LogP contribution in [0.5, 0.6) is 11.5 Å². The van der Waals surface area contributed by atoms with Crippen molar-refractivity contribution in [3.8, 4) is 11.5 Å². The van der Waals surface area contributed by atoms with E-state index in [1.54, 1.807) is 30.3 Å². The van der Waals surface area contributed by atoms with Gasteiger partial charge >= 0.3 is 11.9 Å². The number of aromatic carboxylic acids is 2. The lowest BCUT2D eigenvalue weighted by Crippen LogP contribution is -2.16. The van der Waals surface area contributed by atoms with Gasteiger partial charge in [0.1, 0.15) is 16.5 Å². The van der Waals surface area contributed by atoms with Gasteiger partial charge in [-0.05, 0) is 48.5 Å². The Labute approximate surface area is 170 Å². The zero-order chi connectivity index (χ0) is 21.9. The molecule has 154 valence electrons. The average Bonchev–Trinajstić information content (AvgIpc) is 2.69. The van der Waals surface area contributed by atoms with Crippen molar-refractivity contribution in [1.29, 1.82) is 0 Å². The normalized spacial score (nSPS) is 11.0. The molecule has 0 amide bonds. The first kappa shape index (κ1) is 20.8. The first-order valence-electron chi connectivity index (χ1n) is 8.33. The summed E-state index contributed by atoms with van der Waals surface area (Å²) in [4.78, 5) is 21.5. The Morgan fingerprint density at radius 1 is 0.867 bits per heavy atom. The third kappa shape index (κ3) is 4.55. The maximum absolute atomic E-state index is 14.1. The van der Waals surface area contributed by atoms with Gasteiger partial charge in [-0.2, -0.15) is 0 Å². The summed E-state index contributed by atoms with van der Waals surface area (Å²) in [6, 6.07) is 14.1. The summed E-state index contributed by atoms with van der Waals surface area (Å²) in [7, 11) is -4.62. The number of benzene rings is 3. The number of anilines is 1. The lowest BCUT2D eigenvalue weighted by atomic mass is 10.2. The molecule has 3 aromatic rings. The number of hydrogen-bond donors (Lipinski definition) is 3. The summed E-state index contributed by atoms with van der Waals surface area (Å²) < 4.78 is 47.3.